The predicted octanol–water partition coefficient (Wildman–Crippen LogP) is 2.91. The highest BCUT2D eigenvalue weighted by Crippen LogP contribution is 2.25. The van der Waals surface area contributed by atoms with Gasteiger partial charge >= 0.3 is 0 Å². The van der Waals surface area contributed by atoms with Gasteiger partial charge in [0.25, 0.3) is 0 Å². The van der Waals surface area contributed by atoms with Crippen molar-refractivity contribution < 1.29 is 4.79 Å². The van der Waals surface area contributed by atoms with Crippen molar-refractivity contribution >= 4 is 33.6 Å². The van der Waals surface area contributed by atoms with E-state index < -0.39 is 0 Å². The summed E-state index contributed by atoms with van der Waals surface area (Å²) in [7, 11) is 0. The number of hydrogen-bond acceptors (Lipinski definition) is 5. The molecule has 24 heavy (non-hydrogen) atoms. The number of likely N-dealkylation sites (tertiary alicyclic amines) is 1. The molecule has 2 N–H and O–H groups in total. The number of carbonyl (C=O) groups excluding carboxylic acids is 1. The van der Waals surface area contributed by atoms with Crippen LogP contribution in [0.5, 0.6) is 0 Å². The lowest BCUT2D eigenvalue weighted by atomic mass is 10.0. The standard InChI is InChI=1S/C16H20BrN5OS/c1-11-5-2-3-8-21(11)14(23)10-24-16-20-19-15(22(16)18)12-6-4-7-13(17)9-12/h4,6-7,9,11H,2-3,5,8,10,18H2,1H3/t11-/m0/s1. The topological polar surface area (TPSA) is 77.0 Å². The van der Waals surface area contributed by atoms with Gasteiger partial charge in [0.05, 0.1) is 5.75 Å². The smallest absolute Gasteiger partial charge is 0.233 e. The van der Waals surface area contributed by atoms with Crippen LogP contribution in [0.4, 0.5) is 0 Å². The average Bonchev–Trinajstić information content (AvgIpc) is 2.94. The van der Waals surface area contributed by atoms with Crippen LogP contribution in [0.3, 0.4) is 0 Å². The lowest BCUT2D eigenvalue weighted by Crippen LogP contribution is -2.43. The average molecular weight is 410 g/mol. The Morgan fingerprint density at radius 3 is 3.00 bits per heavy atom. The normalized spacial score (nSPS) is 17.9. The first-order valence-corrected chi connectivity index (χ1v) is 9.73. The molecular weight excluding hydrogens is 390 g/mol. The van der Waals surface area contributed by atoms with Crippen LogP contribution in [-0.4, -0.2) is 44.0 Å². The largest absolute Gasteiger partial charge is 0.339 e. The van der Waals surface area contributed by atoms with Gasteiger partial charge in [-0.2, -0.15) is 0 Å². The molecule has 1 fully saturated rings. The highest BCUT2D eigenvalue weighted by atomic mass is 79.9. The summed E-state index contributed by atoms with van der Waals surface area (Å²) in [5.74, 6) is 7.16. The Kier molecular flexibility index (Phi) is 5.45. The lowest BCUT2D eigenvalue weighted by Gasteiger charge is -2.33. The van der Waals surface area contributed by atoms with E-state index in [0.29, 0.717) is 22.8 Å². The van der Waals surface area contributed by atoms with E-state index in [0.717, 1.165) is 29.4 Å². The van der Waals surface area contributed by atoms with Crippen LogP contribution >= 0.6 is 27.7 Å². The minimum Gasteiger partial charge on any atom is -0.339 e. The molecule has 0 aliphatic carbocycles. The molecule has 1 aliphatic rings. The van der Waals surface area contributed by atoms with Gasteiger partial charge in [-0.05, 0) is 38.3 Å². The van der Waals surface area contributed by atoms with Crippen LogP contribution in [0.15, 0.2) is 33.9 Å². The Morgan fingerprint density at radius 1 is 1.42 bits per heavy atom. The first-order valence-electron chi connectivity index (χ1n) is 7.95. The van der Waals surface area contributed by atoms with E-state index in [1.165, 1.54) is 22.9 Å². The fourth-order valence-corrected chi connectivity index (χ4v) is 4.02. The third-order valence-electron chi connectivity index (χ3n) is 4.20. The number of halogens is 1. The van der Waals surface area contributed by atoms with Crippen molar-refractivity contribution in [2.45, 2.75) is 37.4 Å². The summed E-state index contributed by atoms with van der Waals surface area (Å²) < 4.78 is 2.39. The fourth-order valence-electron chi connectivity index (χ4n) is 2.88. The number of hydrogen-bond donors (Lipinski definition) is 1. The molecule has 0 spiro atoms. The molecule has 8 heteroatoms. The van der Waals surface area contributed by atoms with E-state index in [1.54, 1.807) is 0 Å². The third kappa shape index (κ3) is 3.75. The molecule has 1 amide bonds. The maximum absolute atomic E-state index is 12.4. The van der Waals surface area contributed by atoms with Gasteiger partial charge in [0.2, 0.25) is 11.1 Å². The maximum atomic E-state index is 12.4. The van der Waals surface area contributed by atoms with Crippen LogP contribution < -0.4 is 5.84 Å². The first-order chi connectivity index (χ1) is 11.6. The quantitative estimate of drug-likeness (QED) is 0.620. The van der Waals surface area contributed by atoms with Crippen LogP contribution in [0.2, 0.25) is 0 Å². The molecule has 0 saturated carbocycles. The molecule has 2 aromatic rings. The zero-order valence-electron chi connectivity index (χ0n) is 13.5. The zero-order chi connectivity index (χ0) is 17.1. The Balaban J connectivity index is 1.67. The Labute approximate surface area is 153 Å². The van der Waals surface area contributed by atoms with Crippen molar-refractivity contribution in [2.75, 3.05) is 18.1 Å². The second-order valence-corrected chi connectivity index (χ2v) is 7.77. The predicted molar refractivity (Wildman–Crippen MR) is 99.1 cm³/mol. The van der Waals surface area contributed by atoms with Crippen molar-refractivity contribution in [3.05, 3.63) is 28.7 Å². The van der Waals surface area contributed by atoms with Crippen LogP contribution in [0, 0.1) is 0 Å². The summed E-state index contributed by atoms with van der Waals surface area (Å²) in [5, 5.41) is 8.82. The number of carbonyl (C=O) groups is 1. The van der Waals surface area contributed by atoms with Gasteiger partial charge in [-0.3, -0.25) is 4.79 Å². The summed E-state index contributed by atoms with van der Waals surface area (Å²) in [4.78, 5) is 14.4. The molecule has 1 aliphatic heterocycles. The summed E-state index contributed by atoms with van der Waals surface area (Å²) in [5.41, 5.74) is 0.877. The summed E-state index contributed by atoms with van der Waals surface area (Å²) in [6.07, 6.45) is 3.36. The second-order valence-electron chi connectivity index (χ2n) is 5.91. The number of nitrogen functional groups attached to an aromatic ring is 1. The number of amides is 1. The molecule has 128 valence electrons. The van der Waals surface area contributed by atoms with E-state index in [1.807, 2.05) is 29.2 Å². The number of nitrogens with two attached hydrogens (primary N) is 1. The monoisotopic (exact) mass is 409 g/mol. The first kappa shape index (κ1) is 17.3. The lowest BCUT2D eigenvalue weighted by molar-refractivity contribution is -0.131. The Hall–Kier alpha value is -1.54. The van der Waals surface area contributed by atoms with E-state index in [4.69, 9.17) is 5.84 Å². The van der Waals surface area contributed by atoms with Crippen molar-refractivity contribution in [3.8, 4) is 11.4 Å². The van der Waals surface area contributed by atoms with Crippen LogP contribution in [-0.2, 0) is 4.79 Å². The highest BCUT2D eigenvalue weighted by Gasteiger charge is 2.24. The van der Waals surface area contributed by atoms with Gasteiger partial charge in [0.15, 0.2) is 5.82 Å². The van der Waals surface area contributed by atoms with Crippen molar-refractivity contribution in [3.63, 3.8) is 0 Å². The number of piperidine rings is 1. The summed E-state index contributed by atoms with van der Waals surface area (Å²) >= 11 is 4.77. The van der Waals surface area contributed by atoms with Crippen molar-refractivity contribution in [2.24, 2.45) is 0 Å². The molecule has 1 saturated heterocycles. The second kappa shape index (κ2) is 7.57. The molecule has 1 aromatic carbocycles. The van der Waals surface area contributed by atoms with Crippen LogP contribution in [0.1, 0.15) is 26.2 Å². The van der Waals surface area contributed by atoms with Gasteiger partial charge in [0, 0.05) is 22.6 Å². The molecule has 2 heterocycles. The molecule has 0 unspecified atom stereocenters. The fraction of sp³-hybridized carbons (Fsp3) is 0.438. The summed E-state index contributed by atoms with van der Waals surface area (Å²) in [6, 6.07) is 8.03. The van der Waals surface area contributed by atoms with E-state index in [-0.39, 0.29) is 5.91 Å². The SMILES string of the molecule is C[C@H]1CCCCN1C(=O)CSc1nnc(-c2cccc(Br)c2)n1N. The Bertz CT molecular complexity index is 735. The van der Waals surface area contributed by atoms with Gasteiger partial charge < -0.3 is 10.7 Å². The van der Waals surface area contributed by atoms with Gasteiger partial charge in [-0.25, -0.2) is 4.68 Å². The van der Waals surface area contributed by atoms with Crippen molar-refractivity contribution in [1.29, 1.82) is 0 Å². The maximum Gasteiger partial charge on any atom is 0.233 e. The van der Waals surface area contributed by atoms with Crippen molar-refractivity contribution in [1.82, 2.24) is 19.8 Å². The van der Waals surface area contributed by atoms with E-state index >= 15 is 0 Å². The van der Waals surface area contributed by atoms with Gasteiger partial charge in [-0.1, -0.05) is 39.8 Å². The number of thioether (sulfide) groups is 1. The summed E-state index contributed by atoms with van der Waals surface area (Å²) in [6.45, 7) is 2.96. The van der Waals surface area contributed by atoms with Gasteiger partial charge in [-0.15, -0.1) is 10.2 Å². The molecule has 1 aromatic heterocycles. The van der Waals surface area contributed by atoms with Gasteiger partial charge in [0.1, 0.15) is 0 Å². The number of rotatable bonds is 4. The Morgan fingerprint density at radius 2 is 2.25 bits per heavy atom. The zero-order valence-corrected chi connectivity index (χ0v) is 15.9. The molecule has 0 bridgehead atoms. The number of nitrogens with zero attached hydrogens (tertiary/aromatic N) is 4. The minimum atomic E-state index is 0.138. The van der Waals surface area contributed by atoms with E-state index in [9.17, 15) is 4.79 Å². The molecule has 6 nitrogen and oxygen atoms in total. The highest BCUT2D eigenvalue weighted by molar-refractivity contribution is 9.10. The third-order valence-corrected chi connectivity index (χ3v) is 5.62. The molecule has 1 atom stereocenters. The van der Waals surface area contributed by atoms with Crippen LogP contribution in [0.25, 0.3) is 11.4 Å². The number of aromatic nitrogens is 3. The van der Waals surface area contributed by atoms with E-state index in [2.05, 4.69) is 33.1 Å². The molecule has 0 radical (unpaired) electrons. The minimum absolute atomic E-state index is 0.138. The number of benzene rings is 1. The molecule has 3 rings (SSSR count). The molecular formula is C16H20BrN5OS.